The van der Waals surface area contributed by atoms with Crippen molar-refractivity contribution < 1.29 is 31.5 Å². The first-order valence-electron chi connectivity index (χ1n) is 7.40. The molecule has 0 N–H and O–H groups in total. The Morgan fingerprint density at radius 2 is 1.70 bits per heavy atom. The van der Waals surface area contributed by atoms with Crippen LogP contribution in [0.5, 0.6) is 0 Å². The van der Waals surface area contributed by atoms with Gasteiger partial charge in [-0.3, -0.25) is 4.18 Å². The summed E-state index contributed by atoms with van der Waals surface area (Å²) in [6.07, 6.45) is -1.38. The lowest BCUT2D eigenvalue weighted by Gasteiger charge is -2.23. The molecule has 2 aliphatic heterocycles. The fourth-order valence-corrected chi connectivity index (χ4v) is 3.52. The molecule has 0 unspecified atom stereocenters. The number of hydrogen-bond donors (Lipinski definition) is 0. The summed E-state index contributed by atoms with van der Waals surface area (Å²) in [5, 5.41) is 0. The Morgan fingerprint density at radius 1 is 1.04 bits per heavy atom. The van der Waals surface area contributed by atoms with Crippen molar-refractivity contribution in [1.82, 2.24) is 0 Å². The number of hydrogen-bond acceptors (Lipinski definition) is 7. The Morgan fingerprint density at radius 3 is 2.35 bits per heavy atom. The van der Waals surface area contributed by atoms with Gasteiger partial charge in [0.25, 0.3) is 10.1 Å². The van der Waals surface area contributed by atoms with E-state index in [1.807, 2.05) is 13.8 Å². The number of aryl methyl sites for hydroxylation is 1. The Labute approximate surface area is 135 Å². The van der Waals surface area contributed by atoms with Crippen LogP contribution in [0.4, 0.5) is 0 Å². The van der Waals surface area contributed by atoms with Crippen LogP contribution in [-0.4, -0.2) is 53.0 Å². The van der Waals surface area contributed by atoms with Crippen LogP contribution < -0.4 is 0 Å². The molecule has 0 radical (unpaired) electrons. The van der Waals surface area contributed by atoms with Crippen molar-refractivity contribution >= 4 is 10.1 Å². The maximum Gasteiger partial charge on any atom is 0.297 e. The molecule has 1 aromatic carbocycles. The minimum absolute atomic E-state index is 0.0792. The Bertz CT molecular complexity index is 628. The second-order valence-electron chi connectivity index (χ2n) is 5.63. The normalized spacial score (nSPS) is 31.6. The van der Waals surface area contributed by atoms with E-state index >= 15 is 0 Å². The molecule has 7 nitrogen and oxygen atoms in total. The molecule has 0 aliphatic carbocycles. The second kappa shape index (κ2) is 6.84. The molecule has 2 aliphatic rings. The minimum Gasteiger partial charge on any atom is -0.350 e. The van der Waals surface area contributed by atoms with Gasteiger partial charge < -0.3 is 18.9 Å². The van der Waals surface area contributed by atoms with Gasteiger partial charge in [0.1, 0.15) is 31.9 Å². The highest BCUT2D eigenvalue weighted by Crippen LogP contribution is 2.26. The first-order valence-corrected chi connectivity index (χ1v) is 8.81. The summed E-state index contributed by atoms with van der Waals surface area (Å²) in [5.41, 5.74) is 0.976. The molecule has 1 aromatic rings. The predicted molar refractivity (Wildman–Crippen MR) is 79.2 cm³/mol. The van der Waals surface area contributed by atoms with E-state index in [0.29, 0.717) is 0 Å². The van der Waals surface area contributed by atoms with E-state index in [2.05, 4.69) is 0 Å². The highest BCUT2D eigenvalue weighted by Gasteiger charge is 2.43. The van der Waals surface area contributed by atoms with Crippen LogP contribution in [0, 0.1) is 6.92 Å². The molecule has 0 aromatic heterocycles. The van der Waals surface area contributed by atoms with Crippen LogP contribution in [0.1, 0.15) is 12.5 Å². The molecule has 0 saturated carbocycles. The van der Waals surface area contributed by atoms with Crippen LogP contribution in [0.2, 0.25) is 0 Å². The van der Waals surface area contributed by atoms with E-state index in [0.717, 1.165) is 5.56 Å². The molecule has 3 rings (SSSR count). The van der Waals surface area contributed by atoms with Crippen molar-refractivity contribution in [3.63, 3.8) is 0 Å². The lowest BCUT2D eigenvalue weighted by molar-refractivity contribution is -0.0327. The molecule has 4 atom stereocenters. The maximum atomic E-state index is 12.2. The first-order chi connectivity index (χ1) is 11.0. The SMILES string of the molecule is Cc1ccc(S(=O)(=O)OC[C@H]2OCO[C@H]2[C@H]2OCO[C@H]2C)cc1. The third-order valence-corrected chi connectivity index (χ3v) is 5.28. The first kappa shape index (κ1) is 16.8. The van der Waals surface area contributed by atoms with Crippen LogP contribution in [0.3, 0.4) is 0 Å². The number of ether oxygens (including phenoxy) is 4. The smallest absolute Gasteiger partial charge is 0.297 e. The lowest BCUT2D eigenvalue weighted by atomic mass is 10.0. The molecule has 2 saturated heterocycles. The van der Waals surface area contributed by atoms with Crippen molar-refractivity contribution in [1.29, 1.82) is 0 Å². The molecule has 2 heterocycles. The third kappa shape index (κ3) is 3.73. The van der Waals surface area contributed by atoms with Gasteiger partial charge in [-0.05, 0) is 26.0 Å². The maximum absolute atomic E-state index is 12.2. The summed E-state index contributed by atoms with van der Waals surface area (Å²) in [4.78, 5) is 0.118. The summed E-state index contributed by atoms with van der Waals surface area (Å²) < 4.78 is 51.3. The predicted octanol–water partition coefficient (Wildman–Crippen LogP) is 1.20. The summed E-state index contributed by atoms with van der Waals surface area (Å²) >= 11 is 0. The van der Waals surface area contributed by atoms with Gasteiger partial charge in [-0.1, -0.05) is 17.7 Å². The van der Waals surface area contributed by atoms with Gasteiger partial charge in [0, 0.05) is 0 Å². The molecule has 0 bridgehead atoms. The van der Waals surface area contributed by atoms with E-state index in [1.54, 1.807) is 12.1 Å². The van der Waals surface area contributed by atoms with Crippen LogP contribution in [0.25, 0.3) is 0 Å². The van der Waals surface area contributed by atoms with Crippen molar-refractivity contribution in [3.05, 3.63) is 29.8 Å². The summed E-state index contributed by atoms with van der Waals surface area (Å²) in [5.74, 6) is 0. The molecular weight excluding hydrogens is 324 g/mol. The zero-order valence-electron chi connectivity index (χ0n) is 13.0. The topological polar surface area (TPSA) is 80.3 Å². The minimum atomic E-state index is -3.83. The van der Waals surface area contributed by atoms with E-state index in [-0.39, 0.29) is 37.3 Å². The summed E-state index contributed by atoms with van der Waals surface area (Å²) in [6.45, 7) is 3.90. The largest absolute Gasteiger partial charge is 0.350 e. The average molecular weight is 344 g/mol. The van der Waals surface area contributed by atoms with Crippen LogP contribution in [-0.2, 0) is 33.2 Å². The highest BCUT2D eigenvalue weighted by atomic mass is 32.2. The third-order valence-electron chi connectivity index (χ3n) is 3.98. The zero-order chi connectivity index (χ0) is 16.4. The number of rotatable bonds is 5. The standard InChI is InChI=1S/C15H20O7S/c1-10-3-5-12(6-4-10)23(16,17)22-7-13-15(21-9-19-13)14-11(2)18-8-20-14/h3-6,11,13-15H,7-9H2,1-2H3/t11-,13+,14-,15+/m0/s1. The monoisotopic (exact) mass is 344 g/mol. The molecule has 8 heteroatoms. The van der Waals surface area contributed by atoms with Gasteiger partial charge in [-0.25, -0.2) is 0 Å². The van der Waals surface area contributed by atoms with Crippen molar-refractivity contribution in [3.8, 4) is 0 Å². The van der Waals surface area contributed by atoms with Gasteiger partial charge in [0.2, 0.25) is 0 Å². The van der Waals surface area contributed by atoms with E-state index < -0.39 is 22.3 Å². The van der Waals surface area contributed by atoms with Gasteiger partial charge in [-0.2, -0.15) is 8.42 Å². The fraction of sp³-hybridized carbons (Fsp3) is 0.600. The van der Waals surface area contributed by atoms with Gasteiger partial charge in [0.15, 0.2) is 0 Å². The average Bonchev–Trinajstić information content (AvgIpc) is 3.14. The molecule has 0 amide bonds. The van der Waals surface area contributed by atoms with E-state index in [9.17, 15) is 8.42 Å². The Balaban J connectivity index is 1.63. The second-order valence-corrected chi connectivity index (χ2v) is 7.24. The summed E-state index contributed by atoms with van der Waals surface area (Å²) in [6, 6.07) is 6.48. The molecule has 2 fully saturated rings. The van der Waals surface area contributed by atoms with Crippen LogP contribution >= 0.6 is 0 Å². The van der Waals surface area contributed by atoms with Gasteiger partial charge in [0.05, 0.1) is 17.6 Å². The quantitative estimate of drug-likeness (QED) is 0.743. The lowest BCUT2D eigenvalue weighted by Crippen LogP contribution is -2.42. The fourth-order valence-electron chi connectivity index (χ4n) is 2.60. The van der Waals surface area contributed by atoms with Crippen molar-refractivity contribution in [2.24, 2.45) is 0 Å². The molecular formula is C15H20O7S. The Hall–Kier alpha value is -1.03. The van der Waals surface area contributed by atoms with E-state index in [1.165, 1.54) is 12.1 Å². The van der Waals surface area contributed by atoms with E-state index in [4.69, 9.17) is 23.1 Å². The van der Waals surface area contributed by atoms with Crippen molar-refractivity contribution in [2.75, 3.05) is 20.2 Å². The number of benzene rings is 1. The van der Waals surface area contributed by atoms with Gasteiger partial charge in [-0.15, -0.1) is 0 Å². The molecule has 128 valence electrons. The Kier molecular flexibility index (Phi) is 5.00. The summed E-state index contributed by atoms with van der Waals surface area (Å²) in [7, 11) is -3.83. The molecule has 0 spiro atoms. The highest BCUT2D eigenvalue weighted by molar-refractivity contribution is 7.86. The molecule has 23 heavy (non-hydrogen) atoms. The van der Waals surface area contributed by atoms with Crippen LogP contribution in [0.15, 0.2) is 29.2 Å². The zero-order valence-corrected chi connectivity index (χ0v) is 13.8. The van der Waals surface area contributed by atoms with Gasteiger partial charge >= 0.3 is 0 Å². The van der Waals surface area contributed by atoms with Crippen molar-refractivity contribution in [2.45, 2.75) is 43.2 Å².